The highest BCUT2D eigenvalue weighted by molar-refractivity contribution is 8.23. The molecule has 8 heteroatoms. The fourth-order valence-electron chi connectivity index (χ4n) is 2.46. The second kappa shape index (κ2) is 10.1. The summed E-state index contributed by atoms with van der Waals surface area (Å²) in [6, 6.07) is 5.21. The van der Waals surface area contributed by atoms with Gasteiger partial charge in [-0.3, -0.25) is 9.59 Å². The summed E-state index contributed by atoms with van der Waals surface area (Å²) >= 11 is 12.7. The van der Waals surface area contributed by atoms with Crippen LogP contribution < -0.4 is 5.32 Å². The number of ether oxygens (including phenoxy) is 1. The Morgan fingerprint density at radius 3 is 2.73 bits per heavy atom. The first-order valence-electron chi connectivity index (χ1n) is 8.48. The van der Waals surface area contributed by atoms with Crippen LogP contribution in [0.3, 0.4) is 0 Å². The third-order valence-electron chi connectivity index (χ3n) is 4.18. The highest BCUT2D eigenvalue weighted by Gasteiger charge is 2.19. The van der Waals surface area contributed by atoms with Gasteiger partial charge in [0.05, 0.1) is 5.75 Å². The summed E-state index contributed by atoms with van der Waals surface area (Å²) in [5.41, 5.74) is 1.49. The van der Waals surface area contributed by atoms with Gasteiger partial charge in [-0.15, -0.1) is 0 Å². The van der Waals surface area contributed by atoms with E-state index in [9.17, 15) is 9.59 Å². The average molecular weight is 415 g/mol. The van der Waals surface area contributed by atoms with Crippen molar-refractivity contribution in [2.75, 3.05) is 30.8 Å². The fraction of sp³-hybridized carbons (Fsp3) is 0.500. The number of likely N-dealkylation sites (tertiary alicyclic amines) is 1. The molecular weight excluding hydrogens is 392 g/mol. The largest absolute Gasteiger partial charge is 0.455 e. The van der Waals surface area contributed by atoms with Crippen molar-refractivity contribution in [3.8, 4) is 0 Å². The molecule has 1 aliphatic heterocycles. The lowest BCUT2D eigenvalue weighted by atomic mass is 10.00. The zero-order valence-electron chi connectivity index (χ0n) is 14.9. The number of hydrogen-bond donors (Lipinski definition) is 1. The third-order valence-corrected chi connectivity index (χ3v) is 6.08. The summed E-state index contributed by atoms with van der Waals surface area (Å²) in [5.74, 6) is -0.0317. The van der Waals surface area contributed by atoms with Gasteiger partial charge in [0.1, 0.15) is 4.32 Å². The maximum Gasteiger partial charge on any atom is 0.316 e. The van der Waals surface area contributed by atoms with Crippen LogP contribution in [0.4, 0.5) is 5.69 Å². The minimum absolute atomic E-state index is 0.106. The molecular formula is C18H23ClN2O3S2. The Bertz CT molecular complexity index is 676. The van der Waals surface area contributed by atoms with Crippen LogP contribution in [0.1, 0.15) is 25.3 Å². The predicted octanol–water partition coefficient (Wildman–Crippen LogP) is 3.88. The Labute approximate surface area is 168 Å². The van der Waals surface area contributed by atoms with Crippen LogP contribution in [0.25, 0.3) is 0 Å². The molecule has 0 bridgehead atoms. The van der Waals surface area contributed by atoms with E-state index in [-0.39, 0.29) is 12.4 Å². The minimum atomic E-state index is -0.459. The number of carbonyl (C=O) groups is 2. The highest BCUT2D eigenvalue weighted by atomic mass is 35.5. The van der Waals surface area contributed by atoms with Crippen LogP contribution in [0.15, 0.2) is 18.2 Å². The monoisotopic (exact) mass is 414 g/mol. The van der Waals surface area contributed by atoms with Crippen LogP contribution in [0.5, 0.6) is 0 Å². The van der Waals surface area contributed by atoms with Gasteiger partial charge in [-0.2, -0.15) is 0 Å². The molecule has 1 aliphatic rings. The molecule has 0 spiro atoms. The van der Waals surface area contributed by atoms with Gasteiger partial charge in [0, 0.05) is 23.8 Å². The van der Waals surface area contributed by atoms with Gasteiger partial charge < -0.3 is 15.0 Å². The summed E-state index contributed by atoms with van der Waals surface area (Å²) in [7, 11) is 0. The Morgan fingerprint density at radius 2 is 2.08 bits per heavy atom. The number of esters is 1. The first-order valence-corrected chi connectivity index (χ1v) is 10.3. The van der Waals surface area contributed by atoms with Crippen molar-refractivity contribution in [2.45, 2.75) is 26.7 Å². The molecule has 142 valence electrons. The number of anilines is 1. The molecule has 0 radical (unpaired) electrons. The molecule has 0 aromatic heterocycles. The van der Waals surface area contributed by atoms with Gasteiger partial charge in [0.25, 0.3) is 5.91 Å². The van der Waals surface area contributed by atoms with E-state index in [4.69, 9.17) is 28.6 Å². The zero-order valence-corrected chi connectivity index (χ0v) is 17.3. The average Bonchev–Trinajstić information content (AvgIpc) is 2.61. The standard InChI is InChI=1S/C18H23ClN2O3S2/c1-12-5-7-21(8-6-12)18(25)26-11-17(23)24-10-16(22)20-14-4-3-13(2)15(19)9-14/h3-4,9,12H,5-8,10-11H2,1-2H3,(H,20,22). The first kappa shape index (κ1) is 21.0. The summed E-state index contributed by atoms with van der Waals surface area (Å²) in [6.45, 7) is 5.65. The number of thioether (sulfide) groups is 1. The fourth-order valence-corrected chi connectivity index (χ4v) is 3.69. The van der Waals surface area contributed by atoms with Crippen molar-refractivity contribution in [3.63, 3.8) is 0 Å². The number of amides is 1. The number of nitrogens with one attached hydrogen (secondary N) is 1. The van der Waals surface area contributed by atoms with Crippen LogP contribution in [0, 0.1) is 12.8 Å². The molecule has 0 saturated carbocycles. The van der Waals surface area contributed by atoms with Crippen molar-refractivity contribution < 1.29 is 14.3 Å². The van der Waals surface area contributed by atoms with E-state index >= 15 is 0 Å². The smallest absolute Gasteiger partial charge is 0.316 e. The second-order valence-corrected chi connectivity index (χ2v) is 8.41. The predicted molar refractivity (Wildman–Crippen MR) is 111 cm³/mol. The molecule has 5 nitrogen and oxygen atoms in total. The van der Waals surface area contributed by atoms with Gasteiger partial charge in [-0.1, -0.05) is 48.6 Å². The number of hydrogen-bond acceptors (Lipinski definition) is 5. The number of rotatable bonds is 5. The van der Waals surface area contributed by atoms with E-state index in [2.05, 4.69) is 17.1 Å². The number of aryl methyl sites for hydroxylation is 1. The second-order valence-electron chi connectivity index (χ2n) is 6.40. The zero-order chi connectivity index (χ0) is 19.1. The summed E-state index contributed by atoms with van der Waals surface area (Å²) < 4.78 is 5.72. The highest BCUT2D eigenvalue weighted by Crippen LogP contribution is 2.21. The summed E-state index contributed by atoms with van der Waals surface area (Å²) in [6.07, 6.45) is 2.24. The normalized spacial score (nSPS) is 14.8. The van der Waals surface area contributed by atoms with Gasteiger partial charge in [0.15, 0.2) is 6.61 Å². The number of benzene rings is 1. The first-order chi connectivity index (χ1) is 12.3. The summed E-state index contributed by atoms with van der Waals surface area (Å²) in [5, 5.41) is 3.21. The molecule has 26 heavy (non-hydrogen) atoms. The number of halogens is 1. The van der Waals surface area contributed by atoms with Crippen molar-refractivity contribution in [2.24, 2.45) is 5.92 Å². The number of carbonyl (C=O) groups excluding carboxylic acids is 2. The van der Waals surface area contributed by atoms with E-state index in [1.54, 1.807) is 12.1 Å². The molecule has 0 aliphatic carbocycles. The molecule has 1 aromatic rings. The SMILES string of the molecule is Cc1ccc(NC(=O)COC(=O)CSC(=S)N2CCC(C)CC2)cc1Cl. The minimum Gasteiger partial charge on any atom is -0.455 e. The van der Waals surface area contributed by atoms with E-state index in [0.29, 0.717) is 15.0 Å². The third kappa shape index (κ3) is 6.78. The van der Waals surface area contributed by atoms with E-state index in [1.165, 1.54) is 11.8 Å². The maximum absolute atomic E-state index is 11.9. The molecule has 1 aromatic carbocycles. The molecule has 0 atom stereocenters. The number of piperidine rings is 1. The lowest BCUT2D eigenvalue weighted by Crippen LogP contribution is -2.35. The molecule has 1 N–H and O–H groups in total. The van der Waals surface area contributed by atoms with Crippen LogP contribution in [-0.2, 0) is 14.3 Å². The van der Waals surface area contributed by atoms with Gasteiger partial charge >= 0.3 is 5.97 Å². The van der Waals surface area contributed by atoms with Crippen LogP contribution in [-0.4, -0.2) is 46.5 Å². The van der Waals surface area contributed by atoms with Gasteiger partial charge in [-0.05, 0) is 43.4 Å². The lowest BCUT2D eigenvalue weighted by Gasteiger charge is -2.31. The summed E-state index contributed by atoms with van der Waals surface area (Å²) in [4.78, 5) is 25.8. The Kier molecular flexibility index (Phi) is 8.18. The number of thiocarbonyl (C=S) groups is 1. The molecule has 1 amide bonds. The lowest BCUT2D eigenvalue weighted by molar-refractivity contribution is -0.144. The molecule has 1 fully saturated rings. The molecule has 2 rings (SSSR count). The molecule has 0 unspecified atom stereocenters. The van der Waals surface area contributed by atoms with Crippen molar-refractivity contribution in [1.82, 2.24) is 4.90 Å². The topological polar surface area (TPSA) is 58.6 Å². The molecule has 1 saturated heterocycles. The van der Waals surface area contributed by atoms with E-state index in [0.717, 1.165) is 37.4 Å². The Hall–Kier alpha value is -1.31. The molecule has 1 heterocycles. The number of nitrogens with zero attached hydrogens (tertiary/aromatic N) is 1. The Morgan fingerprint density at radius 1 is 1.38 bits per heavy atom. The van der Waals surface area contributed by atoms with Crippen molar-refractivity contribution in [3.05, 3.63) is 28.8 Å². The van der Waals surface area contributed by atoms with Crippen molar-refractivity contribution >= 4 is 57.5 Å². The van der Waals surface area contributed by atoms with E-state index < -0.39 is 11.9 Å². The van der Waals surface area contributed by atoms with Crippen molar-refractivity contribution in [1.29, 1.82) is 0 Å². The maximum atomic E-state index is 11.9. The van der Waals surface area contributed by atoms with Gasteiger partial charge in [0.2, 0.25) is 0 Å². The van der Waals surface area contributed by atoms with E-state index in [1.807, 2.05) is 13.0 Å². The Balaban J connectivity index is 1.67. The van der Waals surface area contributed by atoms with Crippen LogP contribution in [0.2, 0.25) is 5.02 Å². The quantitative estimate of drug-likeness (QED) is 0.582. The van der Waals surface area contributed by atoms with Crippen LogP contribution >= 0.6 is 35.6 Å². The van der Waals surface area contributed by atoms with Gasteiger partial charge in [-0.25, -0.2) is 0 Å².